The third-order valence-corrected chi connectivity index (χ3v) is 10.3. The topological polar surface area (TPSA) is 122 Å². The molecule has 0 radical (unpaired) electrons. The Morgan fingerprint density at radius 2 is 1.55 bits per heavy atom. The Bertz CT molecular complexity index is 1490. The van der Waals surface area contributed by atoms with Crippen molar-refractivity contribution in [3.05, 3.63) is 71.8 Å². The molecule has 3 aromatic carbocycles. The van der Waals surface area contributed by atoms with Crippen LogP contribution in [0.5, 0.6) is 0 Å². The second kappa shape index (κ2) is 12.1. The van der Waals surface area contributed by atoms with E-state index in [0.29, 0.717) is 48.0 Å². The summed E-state index contributed by atoms with van der Waals surface area (Å²) in [6.07, 6.45) is 5.87. The van der Waals surface area contributed by atoms with Crippen molar-refractivity contribution in [2.45, 2.75) is 68.8 Å². The number of carbonyl (C=O) groups excluding carboxylic acids is 2. The van der Waals surface area contributed by atoms with Gasteiger partial charge in [-0.15, -0.1) is 0 Å². The van der Waals surface area contributed by atoms with Crippen LogP contribution in [0, 0.1) is 12.8 Å². The predicted molar refractivity (Wildman–Crippen MR) is 158 cm³/mol. The lowest BCUT2D eigenvalue weighted by Gasteiger charge is -2.37. The van der Waals surface area contributed by atoms with E-state index in [2.05, 4.69) is 10.6 Å². The van der Waals surface area contributed by atoms with E-state index >= 15 is 0 Å². The second-order valence-corrected chi connectivity index (χ2v) is 12.8. The van der Waals surface area contributed by atoms with E-state index in [1.54, 1.807) is 42.5 Å². The van der Waals surface area contributed by atoms with Crippen molar-refractivity contribution >= 4 is 38.3 Å². The largest absolute Gasteiger partial charge is 0.321 e. The van der Waals surface area contributed by atoms with Gasteiger partial charge in [-0.05, 0) is 75.4 Å². The monoisotopic (exact) mass is 562 g/mol. The first-order chi connectivity index (χ1) is 19.3. The molecule has 9 heteroatoms. The standard InChI is InChI=1S/C31H38N4O4S/c1-21-9-5-6-12-24(21)30(36)34-27-15-16-28(26-14-8-7-13-25(26)27)40(38,39)35(23-17-19-33-20-18-23)31(37)29(32)22-10-3-2-4-11-22/h5-9,12-16,22-23,29,33H,2-4,10-11,17-20,32H2,1H3,(H,34,36). The summed E-state index contributed by atoms with van der Waals surface area (Å²) in [5.41, 5.74) is 8.40. The van der Waals surface area contributed by atoms with Crippen LogP contribution in [0.25, 0.3) is 10.8 Å². The normalized spacial score (nSPS) is 17.9. The maximum Gasteiger partial charge on any atom is 0.267 e. The maximum atomic E-state index is 14.4. The van der Waals surface area contributed by atoms with Gasteiger partial charge in [-0.1, -0.05) is 61.7 Å². The molecule has 1 saturated carbocycles. The van der Waals surface area contributed by atoms with Crippen LogP contribution < -0.4 is 16.4 Å². The molecule has 2 aliphatic rings. The number of carbonyl (C=O) groups is 2. The summed E-state index contributed by atoms with van der Waals surface area (Å²) in [6.45, 7) is 3.13. The molecule has 8 nitrogen and oxygen atoms in total. The third-order valence-electron chi connectivity index (χ3n) is 8.36. The summed E-state index contributed by atoms with van der Waals surface area (Å²) in [5, 5.41) is 7.25. The number of hydrogen-bond acceptors (Lipinski definition) is 6. The molecule has 0 aromatic heterocycles. The van der Waals surface area contributed by atoms with Crippen molar-refractivity contribution in [3.63, 3.8) is 0 Å². The Hall–Kier alpha value is -3.27. The fraction of sp³-hybridized carbons (Fsp3) is 0.419. The molecule has 0 spiro atoms. The number of nitrogens with zero attached hydrogens (tertiary/aromatic N) is 1. The highest BCUT2D eigenvalue weighted by Crippen LogP contribution is 2.35. The minimum absolute atomic E-state index is 0.0172. The zero-order chi connectivity index (χ0) is 28.3. The summed E-state index contributed by atoms with van der Waals surface area (Å²) in [6, 6.07) is 16.2. The first-order valence-electron chi connectivity index (χ1n) is 14.2. The van der Waals surface area contributed by atoms with Crippen molar-refractivity contribution in [1.82, 2.24) is 9.62 Å². The molecule has 2 fully saturated rings. The number of rotatable bonds is 7. The van der Waals surface area contributed by atoms with Crippen LogP contribution in [0.4, 0.5) is 5.69 Å². The zero-order valence-electron chi connectivity index (χ0n) is 22.9. The molecule has 1 saturated heterocycles. The van der Waals surface area contributed by atoms with Gasteiger partial charge in [-0.25, -0.2) is 12.7 Å². The van der Waals surface area contributed by atoms with Crippen molar-refractivity contribution < 1.29 is 18.0 Å². The van der Waals surface area contributed by atoms with Crippen LogP contribution in [0.2, 0.25) is 0 Å². The molecule has 212 valence electrons. The molecule has 2 amide bonds. The van der Waals surface area contributed by atoms with Crippen molar-refractivity contribution in [3.8, 4) is 0 Å². The number of sulfonamides is 1. The molecule has 40 heavy (non-hydrogen) atoms. The average Bonchev–Trinajstić information content (AvgIpc) is 2.98. The number of benzene rings is 3. The highest BCUT2D eigenvalue weighted by atomic mass is 32.2. The van der Waals surface area contributed by atoms with Crippen LogP contribution in [0.15, 0.2) is 65.6 Å². The van der Waals surface area contributed by atoms with Gasteiger partial charge in [0, 0.05) is 22.0 Å². The lowest BCUT2D eigenvalue weighted by molar-refractivity contribution is -0.131. The highest BCUT2D eigenvalue weighted by molar-refractivity contribution is 7.90. The van der Waals surface area contributed by atoms with Gasteiger partial charge in [0.2, 0.25) is 0 Å². The molecule has 1 aliphatic heterocycles. The highest BCUT2D eigenvalue weighted by Gasteiger charge is 2.41. The van der Waals surface area contributed by atoms with Crippen LogP contribution in [0.3, 0.4) is 0 Å². The van der Waals surface area contributed by atoms with Crippen LogP contribution in [-0.2, 0) is 14.8 Å². The van der Waals surface area contributed by atoms with Gasteiger partial charge in [0.1, 0.15) is 0 Å². The van der Waals surface area contributed by atoms with Gasteiger partial charge in [0.05, 0.1) is 17.0 Å². The molecule has 0 bridgehead atoms. The van der Waals surface area contributed by atoms with Gasteiger partial charge < -0.3 is 16.4 Å². The van der Waals surface area contributed by atoms with Crippen LogP contribution in [-0.4, -0.2) is 49.7 Å². The summed E-state index contributed by atoms with van der Waals surface area (Å²) >= 11 is 0. The first kappa shape index (κ1) is 28.3. The molecular weight excluding hydrogens is 524 g/mol. The average molecular weight is 563 g/mol. The number of nitrogens with two attached hydrogens (primary N) is 1. The number of amides is 2. The minimum Gasteiger partial charge on any atom is -0.321 e. The Morgan fingerprint density at radius 1 is 0.900 bits per heavy atom. The van der Waals surface area contributed by atoms with E-state index in [4.69, 9.17) is 5.73 Å². The van der Waals surface area contributed by atoms with Gasteiger partial charge in [-0.2, -0.15) is 0 Å². The lowest BCUT2D eigenvalue weighted by Crippen LogP contribution is -2.56. The molecule has 3 aromatic rings. The number of anilines is 1. The number of piperidine rings is 1. The summed E-state index contributed by atoms with van der Waals surface area (Å²) in [5.74, 6) is -0.805. The van der Waals surface area contributed by atoms with Crippen molar-refractivity contribution in [2.24, 2.45) is 11.7 Å². The number of hydrogen-bond donors (Lipinski definition) is 3. The van der Waals surface area contributed by atoms with Crippen LogP contribution in [0.1, 0.15) is 60.9 Å². The van der Waals surface area contributed by atoms with Gasteiger partial charge >= 0.3 is 0 Å². The fourth-order valence-corrected chi connectivity index (χ4v) is 7.98. The maximum absolute atomic E-state index is 14.4. The van der Waals surface area contributed by atoms with E-state index in [-0.39, 0.29) is 16.7 Å². The fourth-order valence-electron chi connectivity index (χ4n) is 6.11. The second-order valence-electron chi connectivity index (χ2n) is 11.0. The molecule has 1 heterocycles. The summed E-state index contributed by atoms with van der Waals surface area (Å²) < 4.78 is 29.9. The summed E-state index contributed by atoms with van der Waals surface area (Å²) in [4.78, 5) is 27.1. The zero-order valence-corrected chi connectivity index (χ0v) is 23.8. The molecule has 1 aliphatic carbocycles. The van der Waals surface area contributed by atoms with Gasteiger partial charge in [0.15, 0.2) is 0 Å². The Kier molecular flexibility index (Phi) is 8.54. The molecule has 1 atom stereocenters. The smallest absolute Gasteiger partial charge is 0.267 e. The SMILES string of the molecule is Cc1ccccc1C(=O)Nc1ccc(S(=O)(=O)N(C(=O)C(N)C2CCCCC2)C2CCNCC2)c2ccccc12. The van der Waals surface area contributed by atoms with Crippen molar-refractivity contribution in [1.29, 1.82) is 0 Å². The lowest BCUT2D eigenvalue weighted by atomic mass is 9.84. The Balaban J connectivity index is 1.54. The van der Waals surface area contributed by atoms with Crippen LogP contribution >= 0.6 is 0 Å². The van der Waals surface area contributed by atoms with E-state index in [9.17, 15) is 18.0 Å². The van der Waals surface area contributed by atoms with E-state index in [1.807, 2.05) is 19.1 Å². The van der Waals surface area contributed by atoms with Gasteiger partial charge in [-0.3, -0.25) is 9.59 Å². The molecule has 4 N–H and O–H groups in total. The number of fused-ring (bicyclic) bond motifs is 1. The molecular formula is C31H38N4O4S. The van der Waals surface area contributed by atoms with E-state index in [1.165, 1.54) is 6.07 Å². The molecule has 1 unspecified atom stereocenters. The van der Waals surface area contributed by atoms with E-state index in [0.717, 1.165) is 42.0 Å². The van der Waals surface area contributed by atoms with Gasteiger partial charge in [0.25, 0.3) is 21.8 Å². The first-order valence-corrected chi connectivity index (χ1v) is 15.7. The Morgan fingerprint density at radius 3 is 2.25 bits per heavy atom. The summed E-state index contributed by atoms with van der Waals surface area (Å²) in [7, 11) is -4.25. The third kappa shape index (κ3) is 5.64. The predicted octanol–water partition coefficient (Wildman–Crippen LogP) is 4.58. The number of nitrogens with one attached hydrogen (secondary N) is 2. The number of aryl methyl sites for hydroxylation is 1. The quantitative estimate of drug-likeness (QED) is 0.388. The minimum atomic E-state index is -4.25. The van der Waals surface area contributed by atoms with Crippen molar-refractivity contribution in [2.75, 3.05) is 18.4 Å². The Labute approximate surface area is 236 Å². The molecule has 5 rings (SSSR count). The van der Waals surface area contributed by atoms with E-state index < -0.39 is 28.0 Å².